The molecular weight excluding hydrogens is 334 g/mol. The highest BCUT2D eigenvalue weighted by Gasteiger charge is 2.17. The quantitative estimate of drug-likeness (QED) is 0.661. The largest absolute Gasteiger partial charge is 0.450 e. The molecule has 1 aromatic heterocycles. The molecule has 3 aromatic rings. The Bertz CT molecular complexity index is 994. The number of para-hydroxylation sites is 1. The Hall–Kier alpha value is -3.41. The van der Waals surface area contributed by atoms with Crippen LogP contribution in [-0.2, 0) is 16.1 Å². The lowest BCUT2D eigenvalue weighted by Crippen LogP contribution is -2.30. The van der Waals surface area contributed by atoms with E-state index in [1.54, 1.807) is 31.3 Å². The molecular formula is C20H17NO5. The molecule has 0 N–H and O–H groups in total. The van der Waals surface area contributed by atoms with Crippen molar-refractivity contribution in [3.63, 3.8) is 0 Å². The van der Waals surface area contributed by atoms with Gasteiger partial charge in [-0.05, 0) is 17.7 Å². The molecule has 0 saturated carbocycles. The zero-order valence-electron chi connectivity index (χ0n) is 14.2. The number of hydrogen-bond donors (Lipinski definition) is 0. The second kappa shape index (κ2) is 7.65. The Morgan fingerprint density at radius 1 is 1.04 bits per heavy atom. The van der Waals surface area contributed by atoms with E-state index in [0.717, 1.165) is 11.6 Å². The predicted molar refractivity (Wildman–Crippen MR) is 95.7 cm³/mol. The predicted octanol–water partition coefficient (Wildman–Crippen LogP) is 2.61. The van der Waals surface area contributed by atoms with E-state index in [1.165, 1.54) is 4.90 Å². The van der Waals surface area contributed by atoms with Gasteiger partial charge in [0, 0.05) is 19.7 Å². The monoisotopic (exact) mass is 351 g/mol. The Labute approximate surface area is 149 Å². The molecule has 2 aromatic carbocycles. The Kier molecular flexibility index (Phi) is 5.12. The van der Waals surface area contributed by atoms with E-state index in [4.69, 9.17) is 9.15 Å². The summed E-state index contributed by atoms with van der Waals surface area (Å²) in [4.78, 5) is 37.7. The van der Waals surface area contributed by atoms with Crippen LogP contribution in [0.5, 0.6) is 0 Å². The fourth-order valence-corrected chi connectivity index (χ4v) is 2.46. The second-order valence-electron chi connectivity index (χ2n) is 5.78. The van der Waals surface area contributed by atoms with Crippen LogP contribution in [-0.4, -0.2) is 30.4 Å². The molecule has 3 rings (SSSR count). The fourth-order valence-electron chi connectivity index (χ4n) is 2.46. The van der Waals surface area contributed by atoms with Gasteiger partial charge in [0.1, 0.15) is 5.58 Å². The number of carbonyl (C=O) groups excluding carboxylic acids is 2. The molecule has 6 nitrogen and oxygen atoms in total. The van der Waals surface area contributed by atoms with Gasteiger partial charge in [-0.3, -0.25) is 9.59 Å². The van der Waals surface area contributed by atoms with Gasteiger partial charge in [-0.25, -0.2) is 4.79 Å². The van der Waals surface area contributed by atoms with Crippen LogP contribution in [0.1, 0.15) is 16.1 Å². The van der Waals surface area contributed by atoms with Crippen molar-refractivity contribution in [2.24, 2.45) is 0 Å². The lowest BCUT2D eigenvalue weighted by atomic mass is 10.2. The second-order valence-corrected chi connectivity index (χ2v) is 5.78. The van der Waals surface area contributed by atoms with Gasteiger partial charge < -0.3 is 14.1 Å². The summed E-state index contributed by atoms with van der Waals surface area (Å²) in [7, 11) is 1.62. The molecule has 0 saturated heterocycles. The number of rotatable bonds is 5. The van der Waals surface area contributed by atoms with Gasteiger partial charge in [0.25, 0.3) is 5.91 Å². The van der Waals surface area contributed by atoms with Crippen molar-refractivity contribution < 1.29 is 18.7 Å². The van der Waals surface area contributed by atoms with Crippen LogP contribution in [0.2, 0.25) is 0 Å². The molecule has 132 valence electrons. The third kappa shape index (κ3) is 3.97. The summed E-state index contributed by atoms with van der Waals surface area (Å²) in [5.74, 6) is -1.44. The summed E-state index contributed by atoms with van der Waals surface area (Å²) in [6.07, 6.45) is 0. The van der Waals surface area contributed by atoms with Gasteiger partial charge >= 0.3 is 5.97 Å². The van der Waals surface area contributed by atoms with Crippen molar-refractivity contribution in [3.8, 4) is 0 Å². The van der Waals surface area contributed by atoms with Crippen LogP contribution in [0.4, 0.5) is 0 Å². The van der Waals surface area contributed by atoms with Crippen LogP contribution >= 0.6 is 0 Å². The highest BCUT2D eigenvalue weighted by Crippen LogP contribution is 2.12. The zero-order valence-corrected chi connectivity index (χ0v) is 14.2. The highest BCUT2D eigenvalue weighted by molar-refractivity contribution is 5.90. The number of carbonyl (C=O) groups is 2. The average Bonchev–Trinajstić information content (AvgIpc) is 2.66. The van der Waals surface area contributed by atoms with Crippen LogP contribution in [0.3, 0.4) is 0 Å². The van der Waals surface area contributed by atoms with Crippen molar-refractivity contribution in [1.82, 2.24) is 4.90 Å². The van der Waals surface area contributed by atoms with E-state index in [2.05, 4.69) is 0 Å². The molecule has 26 heavy (non-hydrogen) atoms. The maximum Gasteiger partial charge on any atom is 0.374 e. The highest BCUT2D eigenvalue weighted by atomic mass is 16.5. The summed E-state index contributed by atoms with van der Waals surface area (Å²) in [6, 6.07) is 17.1. The van der Waals surface area contributed by atoms with E-state index in [0.29, 0.717) is 17.5 Å². The lowest BCUT2D eigenvalue weighted by Gasteiger charge is -2.17. The maximum absolute atomic E-state index is 12.1. The molecule has 0 atom stereocenters. The minimum absolute atomic E-state index is 0.229. The van der Waals surface area contributed by atoms with E-state index < -0.39 is 12.6 Å². The first-order valence-corrected chi connectivity index (χ1v) is 8.02. The van der Waals surface area contributed by atoms with Crippen molar-refractivity contribution in [3.05, 3.63) is 82.2 Å². The molecule has 0 spiro atoms. The summed E-state index contributed by atoms with van der Waals surface area (Å²) in [5.41, 5.74) is 0.918. The van der Waals surface area contributed by atoms with Gasteiger partial charge in [0.15, 0.2) is 12.0 Å². The maximum atomic E-state index is 12.1. The number of amides is 1. The molecule has 0 aliphatic heterocycles. The van der Waals surface area contributed by atoms with E-state index in [1.807, 2.05) is 30.3 Å². The van der Waals surface area contributed by atoms with Crippen LogP contribution in [0, 0.1) is 0 Å². The molecule has 0 aliphatic carbocycles. The molecule has 1 heterocycles. The number of nitrogens with zero attached hydrogens (tertiary/aromatic N) is 1. The molecule has 0 fully saturated rings. The summed E-state index contributed by atoms with van der Waals surface area (Å²) in [5, 5.41) is 0.378. The van der Waals surface area contributed by atoms with Crippen molar-refractivity contribution in [2.45, 2.75) is 6.54 Å². The number of esters is 1. The smallest absolute Gasteiger partial charge is 0.374 e. The minimum Gasteiger partial charge on any atom is -0.450 e. The number of benzene rings is 2. The molecule has 1 amide bonds. The minimum atomic E-state index is -0.852. The molecule has 0 bridgehead atoms. The van der Waals surface area contributed by atoms with Gasteiger partial charge in [-0.15, -0.1) is 0 Å². The number of hydrogen-bond acceptors (Lipinski definition) is 5. The molecule has 0 unspecified atom stereocenters. The Morgan fingerprint density at radius 2 is 1.73 bits per heavy atom. The average molecular weight is 351 g/mol. The van der Waals surface area contributed by atoms with Crippen LogP contribution in [0.15, 0.2) is 69.9 Å². The SMILES string of the molecule is CN(Cc1ccccc1)C(=O)COC(=O)c1cc(=O)c2ccccc2o1. The third-order valence-electron chi connectivity index (χ3n) is 3.85. The normalized spacial score (nSPS) is 10.5. The number of likely N-dealkylation sites (N-methyl/N-ethyl adjacent to an activating group) is 1. The van der Waals surface area contributed by atoms with E-state index >= 15 is 0 Å². The van der Waals surface area contributed by atoms with E-state index in [-0.39, 0.29) is 17.1 Å². The third-order valence-corrected chi connectivity index (χ3v) is 3.85. The summed E-state index contributed by atoms with van der Waals surface area (Å²) in [6.45, 7) is -0.0268. The molecule has 0 aliphatic rings. The topological polar surface area (TPSA) is 76.8 Å². The first-order chi connectivity index (χ1) is 12.5. The molecule has 0 radical (unpaired) electrons. The van der Waals surface area contributed by atoms with Gasteiger partial charge in [0.05, 0.1) is 5.39 Å². The van der Waals surface area contributed by atoms with Gasteiger partial charge in [0.2, 0.25) is 5.76 Å². The van der Waals surface area contributed by atoms with Crippen molar-refractivity contribution in [2.75, 3.05) is 13.7 Å². The standard InChI is InChI=1S/C20H17NO5/c1-21(12-14-7-3-2-4-8-14)19(23)13-25-20(24)18-11-16(22)15-9-5-6-10-17(15)26-18/h2-11H,12-13H2,1H3. The fraction of sp³-hybridized carbons (Fsp3) is 0.150. The van der Waals surface area contributed by atoms with Crippen LogP contribution < -0.4 is 5.43 Å². The van der Waals surface area contributed by atoms with Gasteiger partial charge in [-0.2, -0.15) is 0 Å². The molecule has 6 heteroatoms. The first-order valence-electron chi connectivity index (χ1n) is 8.02. The van der Waals surface area contributed by atoms with Crippen molar-refractivity contribution >= 4 is 22.8 Å². The lowest BCUT2D eigenvalue weighted by molar-refractivity contribution is -0.133. The first kappa shape index (κ1) is 17.4. The van der Waals surface area contributed by atoms with Gasteiger partial charge in [-0.1, -0.05) is 42.5 Å². The Morgan fingerprint density at radius 3 is 2.50 bits per heavy atom. The summed E-state index contributed by atoms with van der Waals surface area (Å²) < 4.78 is 10.4. The number of fused-ring (bicyclic) bond motifs is 1. The zero-order chi connectivity index (χ0) is 18.5. The number of ether oxygens (including phenoxy) is 1. The van der Waals surface area contributed by atoms with E-state index in [9.17, 15) is 14.4 Å². The van der Waals surface area contributed by atoms with Crippen molar-refractivity contribution in [1.29, 1.82) is 0 Å². The van der Waals surface area contributed by atoms with Crippen LogP contribution in [0.25, 0.3) is 11.0 Å². The summed E-state index contributed by atoms with van der Waals surface area (Å²) >= 11 is 0. The Balaban J connectivity index is 1.63.